The third kappa shape index (κ3) is 6.27. The van der Waals surface area contributed by atoms with Crippen molar-refractivity contribution in [1.29, 1.82) is 0 Å². The first-order valence-electron chi connectivity index (χ1n) is 11.9. The monoisotopic (exact) mass is 425 g/mol. The van der Waals surface area contributed by atoms with E-state index in [0.29, 0.717) is 23.8 Å². The smallest absolute Gasteiger partial charge is 0.127 e. The van der Waals surface area contributed by atoms with Crippen LogP contribution in [-0.4, -0.2) is 47.6 Å². The van der Waals surface area contributed by atoms with E-state index >= 15 is 0 Å². The molecule has 1 aliphatic heterocycles. The molecule has 2 aromatic rings. The zero-order valence-corrected chi connectivity index (χ0v) is 18.8. The van der Waals surface area contributed by atoms with Crippen LogP contribution in [0.3, 0.4) is 0 Å². The topological polar surface area (TPSA) is 28.6 Å². The van der Waals surface area contributed by atoms with Gasteiger partial charge in [0.05, 0.1) is 7.11 Å². The van der Waals surface area contributed by atoms with Crippen molar-refractivity contribution in [3.63, 3.8) is 0 Å². The van der Waals surface area contributed by atoms with Crippen LogP contribution < -0.4 is 4.74 Å². The lowest BCUT2D eigenvalue weighted by atomic mass is 9.90. The molecule has 4 rings (SSSR count). The van der Waals surface area contributed by atoms with Gasteiger partial charge in [-0.3, -0.25) is 9.88 Å². The minimum absolute atomic E-state index is 0.163. The highest BCUT2D eigenvalue weighted by molar-refractivity contribution is 5.30. The third-order valence-corrected chi connectivity index (χ3v) is 6.93. The zero-order valence-electron chi connectivity index (χ0n) is 18.8. The fraction of sp³-hybridized carbons (Fsp3) is 0.577. The van der Waals surface area contributed by atoms with Gasteiger partial charge in [0.1, 0.15) is 11.6 Å². The number of rotatable bonds is 8. The minimum atomic E-state index is -0.163. The number of aromatic nitrogens is 1. The SMILES string of the molecule is COc1ccc(F)c(CN(Cc2cccnc2)C[C@H]2CCCN(C3CCCCC3)C2)c1. The number of hydrogen-bond acceptors (Lipinski definition) is 4. The Morgan fingerprint density at radius 1 is 1.10 bits per heavy atom. The highest BCUT2D eigenvalue weighted by Crippen LogP contribution is 2.28. The summed E-state index contributed by atoms with van der Waals surface area (Å²) in [5, 5.41) is 0. The number of pyridine rings is 1. The lowest BCUT2D eigenvalue weighted by molar-refractivity contribution is 0.0769. The molecule has 0 radical (unpaired) electrons. The molecule has 4 nitrogen and oxygen atoms in total. The van der Waals surface area contributed by atoms with Crippen molar-refractivity contribution in [3.8, 4) is 5.75 Å². The molecule has 1 saturated heterocycles. The molecule has 2 heterocycles. The molecule has 168 valence electrons. The van der Waals surface area contributed by atoms with E-state index in [0.717, 1.165) is 19.1 Å². The number of nitrogens with zero attached hydrogens (tertiary/aromatic N) is 3. The molecule has 5 heteroatoms. The van der Waals surface area contributed by atoms with Gasteiger partial charge in [0.25, 0.3) is 0 Å². The van der Waals surface area contributed by atoms with Gasteiger partial charge in [0.2, 0.25) is 0 Å². The Kier molecular flexibility index (Phi) is 7.92. The summed E-state index contributed by atoms with van der Waals surface area (Å²) in [5.41, 5.74) is 1.87. The maximum atomic E-state index is 14.6. The molecule has 0 spiro atoms. The molecule has 1 aromatic heterocycles. The fourth-order valence-electron chi connectivity index (χ4n) is 5.36. The van der Waals surface area contributed by atoms with Crippen LogP contribution in [0.4, 0.5) is 4.39 Å². The van der Waals surface area contributed by atoms with Gasteiger partial charge < -0.3 is 9.64 Å². The standard InChI is InChI=1S/C26H36FN3O/c1-31-25-11-12-26(27)23(15-25)20-29(17-21-7-5-13-28-16-21)18-22-8-6-14-30(19-22)24-9-3-2-4-10-24/h5,7,11-13,15-16,22,24H,2-4,6,8-10,14,17-20H2,1H3/t22-/m1/s1. The molecule has 1 aromatic carbocycles. The van der Waals surface area contributed by atoms with E-state index in [4.69, 9.17) is 4.74 Å². The van der Waals surface area contributed by atoms with E-state index in [2.05, 4.69) is 20.9 Å². The van der Waals surface area contributed by atoms with Crippen LogP contribution in [0.25, 0.3) is 0 Å². The van der Waals surface area contributed by atoms with E-state index in [9.17, 15) is 4.39 Å². The predicted octanol–water partition coefficient (Wildman–Crippen LogP) is 5.28. The van der Waals surface area contributed by atoms with Crippen LogP contribution >= 0.6 is 0 Å². The Bertz CT molecular complexity index is 810. The van der Waals surface area contributed by atoms with Gasteiger partial charge in [-0.25, -0.2) is 4.39 Å². The molecule has 1 atom stereocenters. The van der Waals surface area contributed by atoms with Gasteiger partial charge in [0, 0.05) is 50.2 Å². The zero-order chi connectivity index (χ0) is 21.5. The Morgan fingerprint density at radius 3 is 2.74 bits per heavy atom. The normalized spacial score (nSPS) is 20.8. The van der Waals surface area contributed by atoms with Crippen LogP contribution in [0.2, 0.25) is 0 Å². The van der Waals surface area contributed by atoms with Crippen molar-refractivity contribution in [1.82, 2.24) is 14.8 Å². The molecule has 31 heavy (non-hydrogen) atoms. The molecule has 2 aliphatic rings. The second kappa shape index (κ2) is 11.1. The number of hydrogen-bond donors (Lipinski definition) is 0. The number of methoxy groups -OCH3 is 1. The molecule has 2 fully saturated rings. The van der Waals surface area contributed by atoms with Crippen LogP contribution in [-0.2, 0) is 13.1 Å². The molecule has 0 amide bonds. The maximum Gasteiger partial charge on any atom is 0.127 e. The quantitative estimate of drug-likeness (QED) is 0.576. The Balaban J connectivity index is 1.46. The largest absolute Gasteiger partial charge is 0.497 e. The lowest BCUT2D eigenvalue weighted by Gasteiger charge is -2.41. The Labute approximate surface area is 186 Å². The molecular formula is C26H36FN3O. The number of halogens is 1. The Morgan fingerprint density at radius 2 is 1.97 bits per heavy atom. The average Bonchev–Trinajstić information content (AvgIpc) is 2.82. The van der Waals surface area contributed by atoms with Crippen LogP contribution in [0, 0.1) is 11.7 Å². The van der Waals surface area contributed by atoms with E-state index in [1.54, 1.807) is 19.4 Å². The molecular weight excluding hydrogens is 389 g/mol. The van der Waals surface area contributed by atoms with Crippen molar-refractivity contribution >= 4 is 0 Å². The van der Waals surface area contributed by atoms with Gasteiger partial charge in [-0.2, -0.15) is 0 Å². The van der Waals surface area contributed by atoms with Crippen molar-refractivity contribution in [3.05, 3.63) is 59.7 Å². The predicted molar refractivity (Wildman–Crippen MR) is 122 cm³/mol. The van der Waals surface area contributed by atoms with Crippen molar-refractivity contribution < 1.29 is 9.13 Å². The van der Waals surface area contributed by atoms with Gasteiger partial charge >= 0.3 is 0 Å². The van der Waals surface area contributed by atoms with Crippen molar-refractivity contribution in [2.75, 3.05) is 26.7 Å². The third-order valence-electron chi connectivity index (χ3n) is 6.93. The van der Waals surface area contributed by atoms with Gasteiger partial charge in [-0.05, 0) is 68.0 Å². The van der Waals surface area contributed by atoms with Crippen molar-refractivity contribution in [2.45, 2.75) is 64.1 Å². The van der Waals surface area contributed by atoms with Crippen LogP contribution in [0.5, 0.6) is 5.75 Å². The summed E-state index contributed by atoms with van der Waals surface area (Å²) in [5.74, 6) is 1.17. The van der Waals surface area contributed by atoms with Crippen LogP contribution in [0.15, 0.2) is 42.7 Å². The summed E-state index contributed by atoms with van der Waals surface area (Å²) in [4.78, 5) is 9.43. The molecule has 0 unspecified atom stereocenters. The van der Waals surface area contributed by atoms with Gasteiger partial charge in [-0.1, -0.05) is 25.3 Å². The van der Waals surface area contributed by atoms with Gasteiger partial charge in [-0.15, -0.1) is 0 Å². The summed E-state index contributed by atoms with van der Waals surface area (Å²) in [7, 11) is 1.63. The first kappa shape index (κ1) is 22.2. The molecule has 1 aliphatic carbocycles. The second-order valence-corrected chi connectivity index (χ2v) is 9.28. The summed E-state index contributed by atoms with van der Waals surface area (Å²) < 4.78 is 19.9. The molecule has 1 saturated carbocycles. The average molecular weight is 426 g/mol. The highest BCUT2D eigenvalue weighted by atomic mass is 19.1. The number of benzene rings is 1. The fourth-order valence-corrected chi connectivity index (χ4v) is 5.36. The summed E-state index contributed by atoms with van der Waals surface area (Å²) in [6.45, 7) is 4.76. The first-order chi connectivity index (χ1) is 15.2. The number of ether oxygens (including phenoxy) is 1. The first-order valence-corrected chi connectivity index (χ1v) is 11.9. The molecule has 0 bridgehead atoms. The van der Waals surface area contributed by atoms with E-state index in [1.807, 2.05) is 18.3 Å². The summed E-state index contributed by atoms with van der Waals surface area (Å²) in [6.07, 6.45) is 13.1. The number of likely N-dealkylation sites (tertiary alicyclic amines) is 1. The maximum absolute atomic E-state index is 14.6. The van der Waals surface area contributed by atoms with E-state index in [1.165, 1.54) is 69.7 Å². The van der Waals surface area contributed by atoms with Gasteiger partial charge in [0.15, 0.2) is 0 Å². The summed E-state index contributed by atoms with van der Waals surface area (Å²) in [6, 6.07) is 9.90. The van der Waals surface area contributed by atoms with Crippen molar-refractivity contribution in [2.24, 2.45) is 5.92 Å². The lowest BCUT2D eigenvalue weighted by Crippen LogP contribution is -2.46. The second-order valence-electron chi connectivity index (χ2n) is 9.28. The highest BCUT2D eigenvalue weighted by Gasteiger charge is 2.28. The van der Waals surface area contributed by atoms with E-state index in [-0.39, 0.29) is 5.82 Å². The Hall–Kier alpha value is -1.98. The van der Waals surface area contributed by atoms with Crippen LogP contribution in [0.1, 0.15) is 56.1 Å². The van der Waals surface area contributed by atoms with E-state index < -0.39 is 0 Å². The summed E-state index contributed by atoms with van der Waals surface area (Å²) >= 11 is 0. The molecule has 0 N–H and O–H groups in total. The number of piperidine rings is 1. The minimum Gasteiger partial charge on any atom is -0.497 e.